The fourth-order valence-corrected chi connectivity index (χ4v) is 2.74. The molecule has 26 heavy (non-hydrogen) atoms. The number of carbonyl (C=O) groups is 1. The normalized spacial score (nSPS) is 10.6. The Balaban J connectivity index is 1.85. The fourth-order valence-electron chi connectivity index (χ4n) is 2.44. The van der Waals surface area contributed by atoms with E-state index in [2.05, 4.69) is 5.32 Å². The number of carbonyl (C=O) groups excluding carboxylic acids is 1. The topological polar surface area (TPSA) is 51.1 Å². The second-order valence-corrected chi connectivity index (χ2v) is 6.38. The van der Waals surface area contributed by atoms with E-state index >= 15 is 0 Å². The maximum Gasteiger partial charge on any atom is 0.263 e. The number of amides is 1. The van der Waals surface area contributed by atoms with Crippen molar-refractivity contribution in [1.29, 1.82) is 0 Å². The monoisotopic (exact) mass is 390 g/mol. The highest BCUT2D eigenvalue weighted by molar-refractivity contribution is 6.42. The van der Waals surface area contributed by atoms with Gasteiger partial charge in [-0.3, -0.25) is 9.59 Å². The molecule has 0 saturated heterocycles. The number of aromatic nitrogens is 1. The van der Waals surface area contributed by atoms with Crippen LogP contribution >= 0.6 is 23.2 Å². The molecular formula is C19H13Cl2FN2O2. The number of halogens is 3. The third-order valence-electron chi connectivity index (χ3n) is 3.68. The van der Waals surface area contributed by atoms with E-state index < -0.39 is 11.5 Å². The third kappa shape index (κ3) is 4.12. The predicted octanol–water partition coefficient (Wildman–Crippen LogP) is 4.59. The van der Waals surface area contributed by atoms with Crippen molar-refractivity contribution in [3.63, 3.8) is 0 Å². The average molecular weight is 391 g/mol. The number of nitrogens with one attached hydrogen (secondary N) is 1. The lowest BCUT2D eigenvalue weighted by molar-refractivity contribution is 0.102. The molecule has 0 radical (unpaired) electrons. The Kier molecular flexibility index (Phi) is 5.40. The van der Waals surface area contributed by atoms with Crippen molar-refractivity contribution in [3.8, 4) is 0 Å². The summed E-state index contributed by atoms with van der Waals surface area (Å²) >= 11 is 11.8. The summed E-state index contributed by atoms with van der Waals surface area (Å²) in [6, 6.07) is 13.6. The van der Waals surface area contributed by atoms with Gasteiger partial charge in [-0.25, -0.2) is 4.39 Å². The van der Waals surface area contributed by atoms with Crippen molar-refractivity contribution < 1.29 is 9.18 Å². The summed E-state index contributed by atoms with van der Waals surface area (Å²) in [6.07, 6.45) is 1.54. The lowest BCUT2D eigenvalue weighted by Gasteiger charge is -2.09. The highest BCUT2D eigenvalue weighted by atomic mass is 35.5. The van der Waals surface area contributed by atoms with E-state index in [1.54, 1.807) is 36.5 Å². The van der Waals surface area contributed by atoms with Crippen LogP contribution in [0.2, 0.25) is 10.0 Å². The number of benzene rings is 2. The minimum Gasteiger partial charge on any atom is -0.322 e. The highest BCUT2D eigenvalue weighted by Gasteiger charge is 2.13. The van der Waals surface area contributed by atoms with E-state index in [1.807, 2.05) is 0 Å². The molecule has 1 N–H and O–H groups in total. The van der Waals surface area contributed by atoms with Crippen LogP contribution in [0, 0.1) is 5.82 Å². The largest absolute Gasteiger partial charge is 0.322 e. The van der Waals surface area contributed by atoms with Crippen LogP contribution in [0.4, 0.5) is 10.1 Å². The SMILES string of the molecule is O=C(Nc1ccc(Cl)c(Cl)c1)c1cccn(Cc2cccc(F)c2)c1=O. The summed E-state index contributed by atoms with van der Waals surface area (Å²) in [6.45, 7) is 0.157. The van der Waals surface area contributed by atoms with Crippen LogP contribution in [0.25, 0.3) is 0 Å². The van der Waals surface area contributed by atoms with Crippen LogP contribution in [0.15, 0.2) is 65.6 Å². The zero-order valence-electron chi connectivity index (χ0n) is 13.4. The molecule has 0 saturated carbocycles. The summed E-state index contributed by atoms with van der Waals surface area (Å²) in [7, 11) is 0. The lowest BCUT2D eigenvalue weighted by atomic mass is 10.2. The summed E-state index contributed by atoms with van der Waals surface area (Å²) < 4.78 is 14.7. The van der Waals surface area contributed by atoms with Gasteiger partial charge in [-0.1, -0.05) is 35.3 Å². The molecule has 3 rings (SSSR count). The fraction of sp³-hybridized carbons (Fsp3) is 0.0526. The van der Waals surface area contributed by atoms with Gasteiger partial charge in [0, 0.05) is 11.9 Å². The first-order valence-electron chi connectivity index (χ1n) is 7.64. The van der Waals surface area contributed by atoms with Crippen molar-refractivity contribution in [2.75, 3.05) is 5.32 Å². The van der Waals surface area contributed by atoms with Gasteiger partial charge in [0.15, 0.2) is 0 Å². The van der Waals surface area contributed by atoms with E-state index in [-0.39, 0.29) is 17.9 Å². The molecule has 0 aliphatic rings. The van der Waals surface area contributed by atoms with Crippen molar-refractivity contribution in [2.45, 2.75) is 6.54 Å². The van der Waals surface area contributed by atoms with Gasteiger partial charge in [0.25, 0.3) is 11.5 Å². The molecule has 3 aromatic rings. The van der Waals surface area contributed by atoms with Crippen molar-refractivity contribution in [3.05, 3.63) is 98.1 Å². The molecule has 0 atom stereocenters. The van der Waals surface area contributed by atoms with E-state index in [0.717, 1.165) is 0 Å². The number of nitrogens with zero attached hydrogens (tertiary/aromatic N) is 1. The Morgan fingerprint density at radius 3 is 2.58 bits per heavy atom. The summed E-state index contributed by atoms with van der Waals surface area (Å²) in [5.74, 6) is -0.953. The minimum absolute atomic E-state index is 0.0324. The van der Waals surface area contributed by atoms with Crippen LogP contribution in [-0.2, 0) is 6.54 Å². The second kappa shape index (κ2) is 7.72. The Bertz CT molecular complexity index is 1030. The van der Waals surface area contributed by atoms with Gasteiger partial charge >= 0.3 is 0 Å². The quantitative estimate of drug-likeness (QED) is 0.707. The number of hydrogen-bond donors (Lipinski definition) is 1. The van der Waals surface area contributed by atoms with Gasteiger partial charge in [-0.15, -0.1) is 0 Å². The molecule has 0 unspecified atom stereocenters. The van der Waals surface area contributed by atoms with Crippen LogP contribution in [0.5, 0.6) is 0 Å². The first kappa shape index (κ1) is 18.2. The molecule has 0 fully saturated rings. The Labute approximate surface area is 158 Å². The van der Waals surface area contributed by atoms with E-state index in [9.17, 15) is 14.0 Å². The van der Waals surface area contributed by atoms with Gasteiger partial charge in [0.2, 0.25) is 0 Å². The third-order valence-corrected chi connectivity index (χ3v) is 4.42. The highest BCUT2D eigenvalue weighted by Crippen LogP contribution is 2.25. The zero-order valence-corrected chi connectivity index (χ0v) is 14.9. The summed E-state index contributed by atoms with van der Waals surface area (Å²) in [5, 5.41) is 3.27. The van der Waals surface area contributed by atoms with Gasteiger partial charge < -0.3 is 9.88 Å². The molecule has 132 valence electrons. The maximum atomic E-state index is 13.3. The lowest BCUT2D eigenvalue weighted by Crippen LogP contribution is -2.29. The summed E-state index contributed by atoms with van der Waals surface area (Å²) in [5.41, 5.74) is 0.530. The van der Waals surface area contributed by atoms with Gasteiger partial charge in [-0.2, -0.15) is 0 Å². The molecule has 1 amide bonds. The van der Waals surface area contributed by atoms with Gasteiger partial charge in [0.1, 0.15) is 11.4 Å². The van der Waals surface area contributed by atoms with Crippen LogP contribution in [0.3, 0.4) is 0 Å². The molecule has 2 aromatic carbocycles. The minimum atomic E-state index is -0.568. The van der Waals surface area contributed by atoms with Crippen molar-refractivity contribution in [1.82, 2.24) is 4.57 Å². The molecular weight excluding hydrogens is 378 g/mol. The molecule has 7 heteroatoms. The van der Waals surface area contributed by atoms with Crippen LogP contribution < -0.4 is 10.9 Å². The molecule has 1 heterocycles. The van der Waals surface area contributed by atoms with Crippen LogP contribution in [0.1, 0.15) is 15.9 Å². The first-order chi connectivity index (χ1) is 12.4. The van der Waals surface area contributed by atoms with Crippen molar-refractivity contribution in [2.24, 2.45) is 0 Å². The molecule has 1 aromatic heterocycles. The smallest absolute Gasteiger partial charge is 0.263 e. The Morgan fingerprint density at radius 2 is 1.85 bits per heavy atom. The van der Waals surface area contributed by atoms with E-state index in [1.165, 1.54) is 28.8 Å². The molecule has 0 bridgehead atoms. The summed E-state index contributed by atoms with van der Waals surface area (Å²) in [4.78, 5) is 25.0. The Hall–Kier alpha value is -2.63. The number of hydrogen-bond acceptors (Lipinski definition) is 2. The molecule has 0 aliphatic heterocycles. The average Bonchev–Trinajstić information content (AvgIpc) is 2.60. The van der Waals surface area contributed by atoms with Gasteiger partial charge in [-0.05, 0) is 48.0 Å². The first-order valence-corrected chi connectivity index (χ1v) is 8.40. The Morgan fingerprint density at radius 1 is 1.04 bits per heavy atom. The molecule has 0 spiro atoms. The van der Waals surface area contributed by atoms with Crippen molar-refractivity contribution >= 4 is 34.8 Å². The van der Waals surface area contributed by atoms with E-state index in [4.69, 9.17) is 23.2 Å². The maximum absolute atomic E-state index is 13.3. The van der Waals surface area contributed by atoms with Crippen LogP contribution in [-0.4, -0.2) is 10.5 Å². The number of anilines is 1. The van der Waals surface area contributed by atoms with E-state index in [0.29, 0.717) is 21.3 Å². The second-order valence-electron chi connectivity index (χ2n) is 5.57. The number of pyridine rings is 1. The number of rotatable bonds is 4. The zero-order chi connectivity index (χ0) is 18.7. The standard InChI is InChI=1S/C19H13Cl2FN2O2/c20-16-7-6-14(10-17(16)21)23-18(25)15-5-2-8-24(19(15)26)11-12-3-1-4-13(22)9-12/h1-10H,11H2,(H,23,25). The molecule has 0 aliphatic carbocycles. The predicted molar refractivity (Wildman–Crippen MR) is 101 cm³/mol. The van der Waals surface area contributed by atoms with Gasteiger partial charge in [0.05, 0.1) is 16.6 Å². The molecule has 4 nitrogen and oxygen atoms in total.